The molecule has 2 aliphatic rings. The third-order valence-electron chi connectivity index (χ3n) is 5.29. The first kappa shape index (κ1) is 15.0. The molecule has 2 aliphatic carbocycles. The van der Waals surface area contributed by atoms with E-state index in [1.54, 1.807) is 0 Å². The van der Waals surface area contributed by atoms with Crippen LogP contribution >= 0.6 is 0 Å². The van der Waals surface area contributed by atoms with Crippen LogP contribution in [0.1, 0.15) is 78.6 Å². The highest BCUT2D eigenvalue weighted by Gasteiger charge is 2.44. The van der Waals surface area contributed by atoms with E-state index in [1.807, 2.05) is 6.92 Å². The molecule has 0 amide bonds. The van der Waals surface area contributed by atoms with Crippen molar-refractivity contribution in [3.8, 4) is 0 Å². The van der Waals surface area contributed by atoms with Crippen molar-refractivity contribution in [2.75, 3.05) is 6.61 Å². The van der Waals surface area contributed by atoms with Crippen molar-refractivity contribution in [1.29, 1.82) is 0 Å². The number of ketones is 1. The number of Topliss-reactive ketones (excluding diaryl/α,β-unsaturated/α-hetero) is 1. The molecular weight excluding hydrogens is 236 g/mol. The molecule has 0 aliphatic heterocycles. The van der Waals surface area contributed by atoms with Gasteiger partial charge in [0.25, 0.3) is 0 Å². The van der Waals surface area contributed by atoms with Crippen LogP contribution in [-0.2, 0) is 9.53 Å². The highest BCUT2D eigenvalue weighted by atomic mass is 16.5. The van der Waals surface area contributed by atoms with Gasteiger partial charge in [0.05, 0.1) is 0 Å². The first-order valence-electron chi connectivity index (χ1n) is 8.15. The normalized spacial score (nSPS) is 26.5. The molecule has 0 saturated heterocycles. The van der Waals surface area contributed by atoms with Gasteiger partial charge in [-0.2, -0.15) is 0 Å². The molecular formula is C17H30O2. The maximum absolute atomic E-state index is 12.8. The van der Waals surface area contributed by atoms with E-state index in [-0.39, 0.29) is 0 Å². The molecule has 2 fully saturated rings. The van der Waals surface area contributed by atoms with Crippen LogP contribution in [0.5, 0.6) is 0 Å². The van der Waals surface area contributed by atoms with Gasteiger partial charge in [0.1, 0.15) is 5.60 Å². The molecule has 0 N–H and O–H groups in total. The average Bonchev–Trinajstić information content (AvgIpc) is 2.85. The summed E-state index contributed by atoms with van der Waals surface area (Å²) in [6.07, 6.45) is 9.98. The van der Waals surface area contributed by atoms with Crippen molar-refractivity contribution < 1.29 is 9.53 Å². The quantitative estimate of drug-likeness (QED) is 0.731. The third kappa shape index (κ3) is 3.59. The topological polar surface area (TPSA) is 26.3 Å². The van der Waals surface area contributed by atoms with E-state index in [1.165, 1.54) is 25.7 Å². The second-order valence-corrected chi connectivity index (χ2v) is 7.37. The van der Waals surface area contributed by atoms with Crippen LogP contribution in [0.3, 0.4) is 0 Å². The fourth-order valence-electron chi connectivity index (χ4n) is 3.77. The summed E-state index contributed by atoms with van der Waals surface area (Å²) in [4.78, 5) is 12.8. The molecule has 2 rings (SSSR count). The summed E-state index contributed by atoms with van der Waals surface area (Å²) in [5.41, 5.74) is -0.0545. The maximum Gasteiger partial charge on any atom is 0.164 e. The van der Waals surface area contributed by atoms with Crippen LogP contribution in [0.4, 0.5) is 0 Å². The van der Waals surface area contributed by atoms with E-state index in [9.17, 15) is 4.79 Å². The Kier molecular flexibility index (Phi) is 4.70. The Labute approximate surface area is 118 Å². The summed E-state index contributed by atoms with van der Waals surface area (Å²) in [6, 6.07) is 0. The SMILES string of the molecule is CCOC1(C(=O)CC2CCCC2)CCC(C)(C)CC1. The molecule has 0 aromatic rings. The summed E-state index contributed by atoms with van der Waals surface area (Å²) in [5, 5.41) is 0. The Bertz CT molecular complexity index is 303. The molecule has 110 valence electrons. The van der Waals surface area contributed by atoms with Crippen molar-refractivity contribution >= 4 is 5.78 Å². The monoisotopic (exact) mass is 266 g/mol. The summed E-state index contributed by atoms with van der Waals surface area (Å²) < 4.78 is 5.99. The minimum Gasteiger partial charge on any atom is -0.368 e. The molecule has 0 spiro atoms. The molecule has 2 heteroatoms. The summed E-state index contributed by atoms with van der Waals surface area (Å²) in [6.45, 7) is 7.30. The predicted octanol–water partition coefficient (Wildman–Crippen LogP) is 4.51. The number of hydrogen-bond donors (Lipinski definition) is 0. The Morgan fingerprint density at radius 1 is 1.11 bits per heavy atom. The molecule has 0 unspecified atom stereocenters. The number of hydrogen-bond acceptors (Lipinski definition) is 2. The molecule has 0 atom stereocenters. The van der Waals surface area contributed by atoms with Crippen LogP contribution in [-0.4, -0.2) is 18.0 Å². The van der Waals surface area contributed by atoms with Crippen molar-refractivity contribution in [3.05, 3.63) is 0 Å². The lowest BCUT2D eigenvalue weighted by molar-refractivity contribution is -0.153. The maximum atomic E-state index is 12.8. The molecule has 0 aromatic heterocycles. The summed E-state index contributed by atoms with van der Waals surface area (Å²) in [7, 11) is 0. The van der Waals surface area contributed by atoms with Crippen LogP contribution in [0.15, 0.2) is 0 Å². The van der Waals surface area contributed by atoms with E-state index in [2.05, 4.69) is 13.8 Å². The lowest BCUT2D eigenvalue weighted by atomic mass is 9.68. The van der Waals surface area contributed by atoms with Gasteiger partial charge in [0, 0.05) is 13.0 Å². The van der Waals surface area contributed by atoms with Crippen LogP contribution in [0.25, 0.3) is 0 Å². The minimum absolute atomic E-state index is 0.383. The van der Waals surface area contributed by atoms with E-state index >= 15 is 0 Å². The van der Waals surface area contributed by atoms with Gasteiger partial charge in [-0.1, -0.05) is 39.5 Å². The lowest BCUT2D eigenvalue weighted by Gasteiger charge is -2.42. The van der Waals surface area contributed by atoms with Gasteiger partial charge in [-0.05, 0) is 43.9 Å². The zero-order chi connectivity index (χ0) is 13.9. The van der Waals surface area contributed by atoms with Crippen LogP contribution in [0.2, 0.25) is 0 Å². The second-order valence-electron chi connectivity index (χ2n) is 7.37. The third-order valence-corrected chi connectivity index (χ3v) is 5.29. The first-order chi connectivity index (χ1) is 8.97. The molecule has 0 aromatic carbocycles. The van der Waals surface area contributed by atoms with Crippen LogP contribution in [0, 0.1) is 11.3 Å². The molecule has 0 radical (unpaired) electrons. The van der Waals surface area contributed by atoms with Crippen molar-refractivity contribution in [1.82, 2.24) is 0 Å². The fraction of sp³-hybridized carbons (Fsp3) is 0.941. The Morgan fingerprint density at radius 3 is 2.21 bits per heavy atom. The second kappa shape index (κ2) is 5.95. The number of ether oxygens (including phenoxy) is 1. The van der Waals surface area contributed by atoms with E-state index in [0.717, 1.165) is 32.1 Å². The van der Waals surface area contributed by atoms with Crippen molar-refractivity contribution in [3.63, 3.8) is 0 Å². The van der Waals surface area contributed by atoms with Gasteiger partial charge in [-0.15, -0.1) is 0 Å². The summed E-state index contributed by atoms with van der Waals surface area (Å²) >= 11 is 0. The number of carbonyl (C=O) groups excluding carboxylic acids is 1. The molecule has 2 nitrogen and oxygen atoms in total. The first-order valence-corrected chi connectivity index (χ1v) is 8.15. The number of carbonyl (C=O) groups is 1. The zero-order valence-electron chi connectivity index (χ0n) is 13.0. The zero-order valence-corrected chi connectivity index (χ0v) is 13.0. The van der Waals surface area contributed by atoms with Crippen molar-refractivity contribution in [2.45, 2.75) is 84.2 Å². The highest BCUT2D eigenvalue weighted by molar-refractivity contribution is 5.87. The van der Waals surface area contributed by atoms with Gasteiger partial charge in [0.2, 0.25) is 0 Å². The van der Waals surface area contributed by atoms with E-state index < -0.39 is 5.60 Å². The summed E-state index contributed by atoms with van der Waals surface area (Å²) in [5.74, 6) is 1.04. The van der Waals surface area contributed by atoms with Gasteiger partial charge >= 0.3 is 0 Å². The standard InChI is InChI=1S/C17H30O2/c1-4-19-17(11-9-16(2,3)10-12-17)15(18)13-14-7-5-6-8-14/h14H,4-13H2,1-3H3. The predicted molar refractivity (Wildman–Crippen MR) is 78.2 cm³/mol. The van der Waals surface area contributed by atoms with Gasteiger partial charge < -0.3 is 4.74 Å². The Hall–Kier alpha value is -0.370. The Morgan fingerprint density at radius 2 is 1.68 bits per heavy atom. The van der Waals surface area contributed by atoms with Gasteiger partial charge in [0.15, 0.2) is 5.78 Å². The van der Waals surface area contributed by atoms with Crippen molar-refractivity contribution in [2.24, 2.45) is 11.3 Å². The molecule has 2 saturated carbocycles. The fourth-order valence-corrected chi connectivity index (χ4v) is 3.77. The number of rotatable bonds is 5. The van der Waals surface area contributed by atoms with Crippen LogP contribution < -0.4 is 0 Å². The Balaban J connectivity index is 2.00. The molecule has 0 heterocycles. The van der Waals surface area contributed by atoms with E-state index in [4.69, 9.17) is 4.74 Å². The van der Waals surface area contributed by atoms with Gasteiger partial charge in [-0.25, -0.2) is 0 Å². The molecule has 0 bridgehead atoms. The van der Waals surface area contributed by atoms with E-state index in [0.29, 0.717) is 23.7 Å². The average molecular weight is 266 g/mol. The van der Waals surface area contributed by atoms with Gasteiger partial charge in [-0.3, -0.25) is 4.79 Å². The smallest absolute Gasteiger partial charge is 0.164 e. The largest absolute Gasteiger partial charge is 0.368 e. The lowest BCUT2D eigenvalue weighted by Crippen LogP contribution is -2.47. The minimum atomic E-state index is -0.438. The highest BCUT2D eigenvalue weighted by Crippen LogP contribution is 2.44. The molecule has 19 heavy (non-hydrogen) atoms.